The molecule has 0 amide bonds. The molecular weight excluding hydrogens is 308 g/mol. The molecule has 5 nitrogen and oxygen atoms in total. The van der Waals surface area contributed by atoms with Crippen LogP contribution in [-0.2, 0) is 16.4 Å². The molecule has 1 heterocycles. The molecule has 0 aliphatic rings. The summed E-state index contributed by atoms with van der Waals surface area (Å²) in [6, 6.07) is 9.73. The number of nitrogens with zero attached hydrogens (tertiary/aromatic N) is 1. The van der Waals surface area contributed by atoms with Crippen molar-refractivity contribution in [3.8, 4) is 0 Å². The first-order valence-corrected chi connectivity index (χ1v) is 9.13. The lowest BCUT2D eigenvalue weighted by Gasteiger charge is -2.06. The van der Waals surface area contributed by atoms with E-state index in [0.717, 1.165) is 4.90 Å². The van der Waals surface area contributed by atoms with Crippen LogP contribution in [0.5, 0.6) is 0 Å². The summed E-state index contributed by atoms with van der Waals surface area (Å²) in [5.41, 5.74) is 6.11. The Morgan fingerprint density at radius 3 is 2.43 bits per heavy atom. The van der Waals surface area contributed by atoms with Crippen molar-refractivity contribution in [3.05, 3.63) is 52.9 Å². The third-order valence-electron chi connectivity index (χ3n) is 2.86. The molecule has 1 aromatic heterocycles. The van der Waals surface area contributed by atoms with Gasteiger partial charge in [0.25, 0.3) is 5.56 Å². The number of hydrogen-bond acceptors (Lipinski definition) is 5. The standard InChI is InChI=1S/C14H16N2O3S2/c1-21(18,19)13-5-3-12(4-6-13)20-9-8-16-10-11(15)2-7-14(16)17/h2-7,10H,8-9,15H2,1H3. The summed E-state index contributed by atoms with van der Waals surface area (Å²) in [5, 5.41) is 0. The van der Waals surface area contributed by atoms with Crippen LogP contribution >= 0.6 is 11.8 Å². The Morgan fingerprint density at radius 2 is 1.81 bits per heavy atom. The molecule has 2 aromatic rings. The smallest absolute Gasteiger partial charge is 0.250 e. The van der Waals surface area contributed by atoms with Gasteiger partial charge in [-0.05, 0) is 30.3 Å². The van der Waals surface area contributed by atoms with Crippen LogP contribution in [-0.4, -0.2) is 25.0 Å². The first kappa shape index (κ1) is 15.7. The Hall–Kier alpha value is -1.73. The van der Waals surface area contributed by atoms with Crippen LogP contribution in [0.25, 0.3) is 0 Å². The van der Waals surface area contributed by atoms with Gasteiger partial charge in [-0.1, -0.05) is 0 Å². The van der Waals surface area contributed by atoms with Crippen molar-refractivity contribution >= 4 is 27.3 Å². The second kappa shape index (κ2) is 6.36. The minimum atomic E-state index is -3.16. The largest absolute Gasteiger partial charge is 0.398 e. The van der Waals surface area contributed by atoms with Crippen molar-refractivity contribution in [2.45, 2.75) is 16.3 Å². The average molecular weight is 324 g/mol. The zero-order valence-electron chi connectivity index (χ0n) is 11.5. The number of anilines is 1. The predicted molar refractivity (Wildman–Crippen MR) is 85.4 cm³/mol. The highest BCUT2D eigenvalue weighted by molar-refractivity contribution is 7.99. The maximum Gasteiger partial charge on any atom is 0.250 e. The van der Waals surface area contributed by atoms with Gasteiger partial charge in [-0.3, -0.25) is 4.79 Å². The molecule has 0 bridgehead atoms. The van der Waals surface area contributed by atoms with Crippen LogP contribution in [0.2, 0.25) is 0 Å². The van der Waals surface area contributed by atoms with Crippen molar-refractivity contribution in [3.63, 3.8) is 0 Å². The number of thioether (sulfide) groups is 1. The van der Waals surface area contributed by atoms with Gasteiger partial charge in [0.05, 0.1) is 4.90 Å². The van der Waals surface area contributed by atoms with Gasteiger partial charge < -0.3 is 10.3 Å². The van der Waals surface area contributed by atoms with Crippen molar-refractivity contribution in [1.82, 2.24) is 4.57 Å². The van der Waals surface area contributed by atoms with Crippen LogP contribution < -0.4 is 11.3 Å². The monoisotopic (exact) mass is 324 g/mol. The fourth-order valence-electron chi connectivity index (χ4n) is 1.77. The normalized spacial score (nSPS) is 11.5. The van der Waals surface area contributed by atoms with E-state index in [-0.39, 0.29) is 5.56 Å². The van der Waals surface area contributed by atoms with E-state index in [9.17, 15) is 13.2 Å². The van der Waals surface area contributed by atoms with Gasteiger partial charge >= 0.3 is 0 Å². The Kier molecular flexibility index (Phi) is 4.74. The summed E-state index contributed by atoms with van der Waals surface area (Å²) in [6.07, 6.45) is 2.80. The fraction of sp³-hybridized carbons (Fsp3) is 0.214. The number of rotatable bonds is 5. The number of sulfone groups is 1. The lowest BCUT2D eigenvalue weighted by Crippen LogP contribution is -2.19. The zero-order chi connectivity index (χ0) is 15.5. The highest BCUT2D eigenvalue weighted by Gasteiger charge is 2.06. The molecule has 0 aliphatic heterocycles. The van der Waals surface area contributed by atoms with Crippen LogP contribution in [0.4, 0.5) is 5.69 Å². The Bertz CT molecular complexity index is 781. The Labute approximate surface area is 127 Å². The number of pyridine rings is 1. The maximum absolute atomic E-state index is 11.6. The van der Waals surface area contributed by atoms with Gasteiger partial charge in [0.1, 0.15) is 0 Å². The molecule has 0 radical (unpaired) electrons. The molecule has 0 atom stereocenters. The van der Waals surface area contributed by atoms with E-state index in [0.29, 0.717) is 22.9 Å². The number of aromatic nitrogens is 1. The molecular formula is C14H16N2O3S2. The number of aryl methyl sites for hydroxylation is 1. The van der Waals surface area contributed by atoms with Crippen LogP contribution in [0.15, 0.2) is 57.2 Å². The molecule has 2 N–H and O–H groups in total. The summed E-state index contributed by atoms with van der Waals surface area (Å²) >= 11 is 1.55. The SMILES string of the molecule is CS(=O)(=O)c1ccc(SCCn2cc(N)ccc2=O)cc1. The van der Waals surface area contributed by atoms with Crippen molar-refractivity contribution < 1.29 is 8.42 Å². The van der Waals surface area contributed by atoms with Crippen LogP contribution in [0, 0.1) is 0 Å². The molecule has 0 unspecified atom stereocenters. The second-order valence-electron chi connectivity index (χ2n) is 4.59. The molecule has 1 aromatic carbocycles. The molecule has 21 heavy (non-hydrogen) atoms. The van der Waals surface area contributed by atoms with Gasteiger partial charge in [0.2, 0.25) is 0 Å². The predicted octanol–water partition coefficient (Wildman–Crippen LogP) is 1.63. The third-order valence-corrected chi connectivity index (χ3v) is 4.98. The summed E-state index contributed by atoms with van der Waals surface area (Å²) in [7, 11) is -3.16. The zero-order valence-corrected chi connectivity index (χ0v) is 13.2. The highest BCUT2D eigenvalue weighted by atomic mass is 32.2. The Balaban J connectivity index is 1.98. The molecule has 0 fully saturated rings. The van der Waals surface area contributed by atoms with E-state index in [1.54, 1.807) is 52.9 Å². The molecule has 7 heteroatoms. The first-order valence-electron chi connectivity index (χ1n) is 6.25. The molecule has 2 rings (SSSR count). The van der Waals surface area contributed by atoms with E-state index >= 15 is 0 Å². The van der Waals surface area contributed by atoms with E-state index in [2.05, 4.69) is 0 Å². The second-order valence-corrected chi connectivity index (χ2v) is 7.77. The fourth-order valence-corrected chi connectivity index (χ4v) is 3.25. The van der Waals surface area contributed by atoms with E-state index in [4.69, 9.17) is 5.73 Å². The molecule has 0 spiro atoms. The number of nitrogens with two attached hydrogens (primary N) is 1. The molecule has 112 valence electrons. The summed E-state index contributed by atoms with van der Waals surface area (Å²) in [5.74, 6) is 0.696. The summed E-state index contributed by atoms with van der Waals surface area (Å²) < 4.78 is 24.3. The molecule has 0 saturated carbocycles. The average Bonchev–Trinajstić information content (AvgIpc) is 2.42. The van der Waals surface area contributed by atoms with Crippen LogP contribution in [0.3, 0.4) is 0 Å². The van der Waals surface area contributed by atoms with Gasteiger partial charge in [0.15, 0.2) is 9.84 Å². The van der Waals surface area contributed by atoms with Gasteiger partial charge in [-0.2, -0.15) is 0 Å². The van der Waals surface area contributed by atoms with Crippen molar-refractivity contribution in [1.29, 1.82) is 0 Å². The molecule has 0 aliphatic carbocycles. The first-order chi connectivity index (χ1) is 9.86. The topological polar surface area (TPSA) is 82.2 Å². The van der Waals surface area contributed by atoms with Gasteiger partial charge in [-0.25, -0.2) is 8.42 Å². The number of nitrogen functional groups attached to an aromatic ring is 1. The lowest BCUT2D eigenvalue weighted by molar-refractivity contribution is 0.602. The summed E-state index contributed by atoms with van der Waals surface area (Å²) in [6.45, 7) is 0.544. The quantitative estimate of drug-likeness (QED) is 0.845. The maximum atomic E-state index is 11.6. The van der Waals surface area contributed by atoms with E-state index < -0.39 is 9.84 Å². The van der Waals surface area contributed by atoms with E-state index in [1.165, 1.54) is 12.3 Å². The van der Waals surface area contributed by atoms with Crippen molar-refractivity contribution in [2.75, 3.05) is 17.7 Å². The van der Waals surface area contributed by atoms with Crippen LogP contribution in [0.1, 0.15) is 0 Å². The van der Waals surface area contributed by atoms with Gasteiger partial charge in [0, 0.05) is 41.4 Å². The third kappa shape index (κ3) is 4.37. The van der Waals surface area contributed by atoms with Crippen molar-refractivity contribution in [2.24, 2.45) is 0 Å². The molecule has 0 saturated heterocycles. The minimum Gasteiger partial charge on any atom is -0.398 e. The lowest BCUT2D eigenvalue weighted by atomic mass is 10.4. The Morgan fingerprint density at radius 1 is 1.14 bits per heavy atom. The number of benzene rings is 1. The number of hydrogen-bond donors (Lipinski definition) is 1. The van der Waals surface area contributed by atoms with Gasteiger partial charge in [-0.15, -0.1) is 11.8 Å². The highest BCUT2D eigenvalue weighted by Crippen LogP contribution is 2.20. The summed E-state index contributed by atoms with van der Waals surface area (Å²) in [4.78, 5) is 12.9. The van der Waals surface area contributed by atoms with E-state index in [1.807, 2.05) is 0 Å². The minimum absolute atomic E-state index is 0.0859.